The van der Waals surface area contributed by atoms with Gasteiger partial charge in [0.2, 0.25) is 5.91 Å². The van der Waals surface area contributed by atoms with Crippen LogP contribution >= 0.6 is 27.3 Å². The summed E-state index contributed by atoms with van der Waals surface area (Å²) in [5, 5.41) is 7.87. The molecule has 1 rings (SSSR count). The Bertz CT molecular complexity index is 346. The van der Waals surface area contributed by atoms with Gasteiger partial charge in [0.1, 0.15) is 0 Å². The molecule has 1 heterocycles. The highest BCUT2D eigenvalue weighted by atomic mass is 79.9. The maximum Gasteiger partial charge on any atom is 0.236 e. The predicted octanol–water partition coefficient (Wildman–Crippen LogP) is 2.37. The second-order valence-corrected chi connectivity index (χ2v) is 4.10. The summed E-state index contributed by atoms with van der Waals surface area (Å²) in [5.74, 6) is -0.161. The zero-order chi connectivity index (χ0) is 9.84. The summed E-state index contributed by atoms with van der Waals surface area (Å²) in [4.78, 5) is 10.6. The van der Waals surface area contributed by atoms with Gasteiger partial charge < -0.3 is 0 Å². The van der Waals surface area contributed by atoms with Gasteiger partial charge in [-0.25, -0.2) is 5.43 Å². The van der Waals surface area contributed by atoms with Crippen LogP contribution in [-0.2, 0) is 4.79 Å². The number of nitrogens with zero attached hydrogens (tertiary/aromatic N) is 1. The Balaban J connectivity index is 2.78. The summed E-state index contributed by atoms with van der Waals surface area (Å²) in [5.41, 5.74) is 4.20. The number of hydrogen-bond acceptors (Lipinski definition) is 3. The Labute approximate surface area is 89.0 Å². The van der Waals surface area contributed by atoms with E-state index in [-0.39, 0.29) is 5.91 Å². The zero-order valence-electron chi connectivity index (χ0n) is 7.30. The van der Waals surface area contributed by atoms with Gasteiger partial charge in [-0.15, -0.1) is 0 Å². The molecule has 13 heavy (non-hydrogen) atoms. The lowest BCUT2D eigenvalue weighted by atomic mass is 10.2. The maximum atomic E-state index is 10.6. The number of halogens is 1. The molecule has 0 aliphatic heterocycles. The van der Waals surface area contributed by atoms with E-state index >= 15 is 0 Å². The van der Waals surface area contributed by atoms with Crippen molar-refractivity contribution >= 4 is 38.9 Å². The molecule has 70 valence electrons. The number of nitrogens with one attached hydrogen (secondary N) is 1. The van der Waals surface area contributed by atoms with Crippen LogP contribution in [0.4, 0.5) is 0 Å². The van der Waals surface area contributed by atoms with Crippen LogP contribution in [0.3, 0.4) is 0 Å². The van der Waals surface area contributed by atoms with Crippen molar-refractivity contribution in [3.63, 3.8) is 0 Å². The molecule has 1 N–H and O–H groups in total. The van der Waals surface area contributed by atoms with Crippen LogP contribution in [0, 0.1) is 0 Å². The average molecular weight is 261 g/mol. The van der Waals surface area contributed by atoms with Crippen LogP contribution in [0.15, 0.2) is 20.3 Å². The van der Waals surface area contributed by atoms with Gasteiger partial charge in [-0.2, -0.15) is 16.4 Å². The van der Waals surface area contributed by atoms with Gasteiger partial charge in [0.25, 0.3) is 0 Å². The topological polar surface area (TPSA) is 41.5 Å². The smallest absolute Gasteiger partial charge is 0.236 e. The van der Waals surface area contributed by atoms with Crippen molar-refractivity contribution < 1.29 is 4.79 Å². The first kappa shape index (κ1) is 10.4. The summed E-state index contributed by atoms with van der Waals surface area (Å²) in [6.07, 6.45) is 0. The molecule has 3 nitrogen and oxygen atoms in total. The maximum absolute atomic E-state index is 10.6. The van der Waals surface area contributed by atoms with Crippen molar-refractivity contribution in [2.45, 2.75) is 13.8 Å². The Morgan fingerprint density at radius 1 is 1.54 bits per heavy atom. The number of carbonyl (C=O) groups excluding carboxylic acids is 1. The minimum absolute atomic E-state index is 0.161. The molecule has 1 aromatic rings. The summed E-state index contributed by atoms with van der Waals surface area (Å²) < 4.78 is 1.00. The minimum atomic E-state index is -0.161. The molecule has 1 amide bonds. The predicted molar refractivity (Wildman–Crippen MR) is 58.0 cm³/mol. The molecule has 0 atom stereocenters. The first-order valence-corrected chi connectivity index (χ1v) is 5.37. The Morgan fingerprint density at radius 3 is 2.69 bits per heavy atom. The van der Waals surface area contributed by atoms with Crippen LogP contribution in [0.25, 0.3) is 0 Å². The Kier molecular flexibility index (Phi) is 3.62. The van der Waals surface area contributed by atoms with Crippen LogP contribution in [0.2, 0.25) is 0 Å². The van der Waals surface area contributed by atoms with Gasteiger partial charge >= 0.3 is 0 Å². The highest BCUT2D eigenvalue weighted by molar-refractivity contribution is 9.10. The molecule has 0 unspecified atom stereocenters. The van der Waals surface area contributed by atoms with Crippen molar-refractivity contribution in [1.82, 2.24) is 5.43 Å². The number of hydrogen-bond donors (Lipinski definition) is 1. The molecule has 0 spiro atoms. The lowest BCUT2D eigenvalue weighted by Crippen LogP contribution is -2.14. The first-order valence-electron chi connectivity index (χ1n) is 3.64. The van der Waals surface area contributed by atoms with Crippen molar-refractivity contribution in [2.24, 2.45) is 5.10 Å². The van der Waals surface area contributed by atoms with Gasteiger partial charge in [-0.05, 0) is 22.9 Å². The zero-order valence-corrected chi connectivity index (χ0v) is 9.70. The van der Waals surface area contributed by atoms with E-state index in [9.17, 15) is 4.79 Å². The molecule has 0 fully saturated rings. The molecule has 0 saturated carbocycles. The molecule has 1 aromatic heterocycles. The van der Waals surface area contributed by atoms with E-state index in [2.05, 4.69) is 26.5 Å². The molecule has 0 radical (unpaired) electrons. The lowest BCUT2D eigenvalue weighted by molar-refractivity contribution is -0.118. The second kappa shape index (κ2) is 4.53. The van der Waals surface area contributed by atoms with Crippen molar-refractivity contribution in [3.8, 4) is 0 Å². The SMILES string of the molecule is CC(=O)N/N=C(/C)c1cscc1Br. The van der Waals surface area contributed by atoms with E-state index in [1.54, 1.807) is 11.3 Å². The largest absolute Gasteiger partial charge is 0.274 e. The van der Waals surface area contributed by atoms with Gasteiger partial charge in [0, 0.05) is 27.7 Å². The molecule has 0 aliphatic carbocycles. The lowest BCUT2D eigenvalue weighted by Gasteiger charge is -1.98. The van der Waals surface area contributed by atoms with Crippen molar-refractivity contribution in [2.75, 3.05) is 0 Å². The molecular weight excluding hydrogens is 252 g/mol. The molecule has 0 saturated heterocycles. The Morgan fingerprint density at radius 2 is 2.23 bits per heavy atom. The van der Waals surface area contributed by atoms with Crippen LogP contribution in [-0.4, -0.2) is 11.6 Å². The van der Waals surface area contributed by atoms with Gasteiger partial charge in [-0.1, -0.05) is 0 Å². The third-order valence-electron chi connectivity index (χ3n) is 1.39. The minimum Gasteiger partial charge on any atom is -0.274 e. The van der Waals surface area contributed by atoms with E-state index in [0.717, 1.165) is 15.7 Å². The van der Waals surface area contributed by atoms with Gasteiger partial charge in [-0.3, -0.25) is 4.79 Å². The second-order valence-electron chi connectivity index (χ2n) is 2.50. The van der Waals surface area contributed by atoms with E-state index in [1.807, 2.05) is 17.7 Å². The fraction of sp³-hybridized carbons (Fsp3) is 0.250. The third-order valence-corrected chi connectivity index (χ3v) is 3.09. The monoisotopic (exact) mass is 260 g/mol. The molecule has 0 bridgehead atoms. The number of carbonyl (C=O) groups is 1. The summed E-state index contributed by atoms with van der Waals surface area (Å²) in [7, 11) is 0. The van der Waals surface area contributed by atoms with Crippen LogP contribution < -0.4 is 5.43 Å². The molecule has 0 aromatic carbocycles. The quantitative estimate of drug-likeness (QED) is 0.644. The summed E-state index contributed by atoms with van der Waals surface area (Å²) in [6.45, 7) is 3.28. The molecular formula is C8H9BrN2OS. The Hall–Kier alpha value is -0.680. The first-order chi connectivity index (χ1) is 6.11. The average Bonchev–Trinajstić information content (AvgIpc) is 2.47. The fourth-order valence-corrected chi connectivity index (χ4v) is 2.39. The summed E-state index contributed by atoms with van der Waals surface area (Å²) >= 11 is 4.98. The van der Waals surface area contributed by atoms with Gasteiger partial charge in [0.15, 0.2) is 0 Å². The summed E-state index contributed by atoms with van der Waals surface area (Å²) in [6, 6.07) is 0. The number of thiophene rings is 1. The third kappa shape index (κ3) is 2.93. The van der Waals surface area contributed by atoms with E-state index < -0.39 is 0 Å². The normalized spacial score (nSPS) is 11.5. The van der Waals surface area contributed by atoms with Crippen LogP contribution in [0.1, 0.15) is 19.4 Å². The number of amides is 1. The van der Waals surface area contributed by atoms with Gasteiger partial charge in [0.05, 0.1) is 5.71 Å². The van der Waals surface area contributed by atoms with Crippen LogP contribution in [0.5, 0.6) is 0 Å². The van der Waals surface area contributed by atoms with E-state index in [1.165, 1.54) is 6.92 Å². The highest BCUT2D eigenvalue weighted by Crippen LogP contribution is 2.21. The van der Waals surface area contributed by atoms with E-state index in [0.29, 0.717) is 0 Å². The van der Waals surface area contributed by atoms with Crippen molar-refractivity contribution in [3.05, 3.63) is 20.8 Å². The van der Waals surface area contributed by atoms with Crippen molar-refractivity contribution in [1.29, 1.82) is 0 Å². The number of hydrazone groups is 1. The standard InChI is InChI=1S/C8H9BrN2OS/c1-5(10-11-6(2)12)7-3-13-4-8(7)9/h3-4H,1-2H3,(H,11,12)/b10-5-. The van der Waals surface area contributed by atoms with E-state index in [4.69, 9.17) is 0 Å². The fourth-order valence-electron chi connectivity index (χ4n) is 0.762. The highest BCUT2D eigenvalue weighted by Gasteiger charge is 2.03. The molecule has 0 aliphatic rings. The molecule has 5 heteroatoms. The number of rotatable bonds is 2.